The number of nitrogens with one attached hydrogen (secondary N) is 1. The summed E-state index contributed by atoms with van der Waals surface area (Å²) in [5.74, 6) is 0.202. The molecule has 0 amide bonds. The van der Waals surface area contributed by atoms with Crippen LogP contribution in [0.25, 0.3) is 0 Å². The van der Waals surface area contributed by atoms with Gasteiger partial charge in [0.15, 0.2) is 0 Å². The molecule has 0 aromatic heterocycles. The standard InChI is InChI=1S/C12H20N2O2/c1-9(14(3)5-4-13-2)10-6-11(15)8-12(16)7-10/h6-9,13,15-16H,4-5H2,1-3H3. The van der Waals surface area contributed by atoms with Gasteiger partial charge in [-0.1, -0.05) is 0 Å². The zero-order valence-electron chi connectivity index (χ0n) is 10.1. The molecule has 1 atom stereocenters. The molecule has 1 aromatic rings. The van der Waals surface area contributed by atoms with Crippen molar-refractivity contribution in [3.63, 3.8) is 0 Å². The van der Waals surface area contributed by atoms with Crippen LogP contribution in [0.2, 0.25) is 0 Å². The number of benzene rings is 1. The maximum atomic E-state index is 9.41. The molecule has 1 rings (SSSR count). The van der Waals surface area contributed by atoms with Crippen molar-refractivity contribution in [3.8, 4) is 11.5 Å². The summed E-state index contributed by atoms with van der Waals surface area (Å²) in [6.45, 7) is 3.86. The number of likely N-dealkylation sites (N-methyl/N-ethyl adjacent to an activating group) is 2. The van der Waals surface area contributed by atoms with E-state index in [-0.39, 0.29) is 17.5 Å². The van der Waals surface area contributed by atoms with Crippen LogP contribution >= 0.6 is 0 Å². The Morgan fingerprint density at radius 1 is 1.25 bits per heavy atom. The lowest BCUT2D eigenvalue weighted by molar-refractivity contribution is 0.262. The van der Waals surface area contributed by atoms with E-state index < -0.39 is 0 Å². The van der Waals surface area contributed by atoms with Crippen LogP contribution in [0.4, 0.5) is 0 Å². The van der Waals surface area contributed by atoms with Crippen molar-refractivity contribution in [3.05, 3.63) is 23.8 Å². The second kappa shape index (κ2) is 5.72. The van der Waals surface area contributed by atoms with Crippen LogP contribution in [0.5, 0.6) is 11.5 Å². The number of phenols is 2. The molecule has 0 bridgehead atoms. The van der Waals surface area contributed by atoms with E-state index in [0.29, 0.717) is 0 Å². The molecule has 1 unspecified atom stereocenters. The molecule has 0 radical (unpaired) electrons. The van der Waals surface area contributed by atoms with Crippen molar-refractivity contribution in [1.82, 2.24) is 10.2 Å². The van der Waals surface area contributed by atoms with Gasteiger partial charge in [-0.25, -0.2) is 0 Å². The smallest absolute Gasteiger partial charge is 0.119 e. The number of nitrogens with zero attached hydrogens (tertiary/aromatic N) is 1. The Bertz CT molecular complexity index is 322. The minimum absolute atomic E-state index is 0.101. The molecule has 0 aliphatic carbocycles. The van der Waals surface area contributed by atoms with Gasteiger partial charge in [0, 0.05) is 25.2 Å². The zero-order valence-corrected chi connectivity index (χ0v) is 10.1. The number of hydrogen-bond donors (Lipinski definition) is 3. The Hall–Kier alpha value is -1.26. The van der Waals surface area contributed by atoms with Crippen molar-refractivity contribution in [2.24, 2.45) is 0 Å². The van der Waals surface area contributed by atoms with E-state index >= 15 is 0 Å². The van der Waals surface area contributed by atoms with Gasteiger partial charge in [0.25, 0.3) is 0 Å². The Kier molecular flexibility index (Phi) is 4.58. The second-order valence-electron chi connectivity index (χ2n) is 4.04. The summed E-state index contributed by atoms with van der Waals surface area (Å²) in [7, 11) is 3.93. The first-order valence-corrected chi connectivity index (χ1v) is 5.42. The fourth-order valence-electron chi connectivity index (χ4n) is 1.60. The largest absolute Gasteiger partial charge is 0.508 e. The highest BCUT2D eigenvalue weighted by Gasteiger charge is 2.12. The third-order valence-corrected chi connectivity index (χ3v) is 2.78. The molecule has 16 heavy (non-hydrogen) atoms. The summed E-state index contributed by atoms with van der Waals surface area (Å²) in [4.78, 5) is 2.16. The van der Waals surface area contributed by atoms with E-state index in [9.17, 15) is 10.2 Å². The SMILES string of the molecule is CNCCN(C)C(C)c1cc(O)cc(O)c1. The minimum atomic E-state index is 0.101. The third-order valence-electron chi connectivity index (χ3n) is 2.78. The quantitative estimate of drug-likeness (QED) is 0.706. The van der Waals surface area contributed by atoms with E-state index in [1.54, 1.807) is 12.1 Å². The minimum Gasteiger partial charge on any atom is -0.508 e. The average molecular weight is 224 g/mol. The van der Waals surface area contributed by atoms with E-state index in [1.807, 2.05) is 21.0 Å². The first-order chi connectivity index (χ1) is 7.54. The van der Waals surface area contributed by atoms with Crippen LogP contribution in [-0.2, 0) is 0 Å². The Morgan fingerprint density at radius 2 is 1.81 bits per heavy atom. The maximum Gasteiger partial charge on any atom is 0.119 e. The van der Waals surface area contributed by atoms with Crippen LogP contribution in [0.3, 0.4) is 0 Å². The fraction of sp³-hybridized carbons (Fsp3) is 0.500. The predicted molar refractivity (Wildman–Crippen MR) is 64.7 cm³/mol. The van der Waals surface area contributed by atoms with Crippen LogP contribution < -0.4 is 5.32 Å². The predicted octanol–water partition coefficient (Wildman–Crippen LogP) is 1.31. The summed E-state index contributed by atoms with van der Waals surface area (Å²) in [6.07, 6.45) is 0. The maximum absolute atomic E-state index is 9.41. The Labute approximate surface area is 96.5 Å². The number of phenolic OH excluding ortho intramolecular Hbond substituents is 2. The number of rotatable bonds is 5. The van der Waals surface area contributed by atoms with Crippen molar-refractivity contribution >= 4 is 0 Å². The van der Waals surface area contributed by atoms with Gasteiger partial charge in [0.05, 0.1) is 0 Å². The summed E-state index contributed by atoms with van der Waals surface area (Å²) in [5, 5.41) is 21.9. The molecule has 1 aromatic carbocycles. The van der Waals surface area contributed by atoms with E-state index in [2.05, 4.69) is 10.2 Å². The second-order valence-corrected chi connectivity index (χ2v) is 4.04. The highest BCUT2D eigenvalue weighted by atomic mass is 16.3. The number of hydrogen-bond acceptors (Lipinski definition) is 4. The van der Waals surface area contributed by atoms with Crippen LogP contribution in [0.1, 0.15) is 18.5 Å². The molecule has 0 heterocycles. The van der Waals surface area contributed by atoms with Crippen LogP contribution in [0.15, 0.2) is 18.2 Å². The zero-order chi connectivity index (χ0) is 12.1. The van der Waals surface area contributed by atoms with Gasteiger partial charge in [0.1, 0.15) is 11.5 Å². The van der Waals surface area contributed by atoms with Gasteiger partial charge >= 0.3 is 0 Å². The van der Waals surface area contributed by atoms with E-state index in [4.69, 9.17) is 0 Å². The van der Waals surface area contributed by atoms with Crippen LogP contribution in [-0.4, -0.2) is 42.3 Å². The molecule has 0 aliphatic rings. The van der Waals surface area contributed by atoms with Gasteiger partial charge in [-0.2, -0.15) is 0 Å². The molecule has 0 fully saturated rings. The first-order valence-electron chi connectivity index (χ1n) is 5.42. The van der Waals surface area contributed by atoms with Crippen molar-refractivity contribution in [1.29, 1.82) is 0 Å². The summed E-state index contributed by atoms with van der Waals surface area (Å²) in [6, 6.07) is 4.86. The third kappa shape index (κ3) is 3.40. The van der Waals surface area contributed by atoms with Gasteiger partial charge in [-0.05, 0) is 38.7 Å². The molecule has 90 valence electrons. The van der Waals surface area contributed by atoms with Gasteiger partial charge in [-0.3, -0.25) is 4.90 Å². The topological polar surface area (TPSA) is 55.7 Å². The van der Waals surface area contributed by atoms with Crippen molar-refractivity contribution in [2.45, 2.75) is 13.0 Å². The molecule has 0 aliphatic heterocycles. The molecule has 4 nitrogen and oxygen atoms in total. The average Bonchev–Trinajstić information content (AvgIpc) is 2.23. The highest BCUT2D eigenvalue weighted by molar-refractivity contribution is 5.37. The molecule has 0 saturated carbocycles. The summed E-state index contributed by atoms with van der Waals surface area (Å²) < 4.78 is 0. The Morgan fingerprint density at radius 3 is 2.31 bits per heavy atom. The molecular formula is C12H20N2O2. The lowest BCUT2D eigenvalue weighted by atomic mass is 10.1. The van der Waals surface area contributed by atoms with Gasteiger partial charge in [0.2, 0.25) is 0 Å². The van der Waals surface area contributed by atoms with Crippen molar-refractivity contribution < 1.29 is 10.2 Å². The Balaban J connectivity index is 2.74. The van der Waals surface area contributed by atoms with Gasteiger partial charge < -0.3 is 15.5 Å². The van der Waals surface area contributed by atoms with Crippen molar-refractivity contribution in [2.75, 3.05) is 27.2 Å². The van der Waals surface area contributed by atoms with E-state index in [0.717, 1.165) is 18.7 Å². The monoisotopic (exact) mass is 224 g/mol. The van der Waals surface area contributed by atoms with Gasteiger partial charge in [-0.15, -0.1) is 0 Å². The molecule has 4 heteroatoms. The summed E-state index contributed by atoms with van der Waals surface area (Å²) >= 11 is 0. The molecule has 0 spiro atoms. The lowest BCUT2D eigenvalue weighted by Crippen LogP contribution is -2.29. The number of aromatic hydroxyl groups is 2. The molecular weight excluding hydrogens is 204 g/mol. The normalized spacial score (nSPS) is 13.0. The lowest BCUT2D eigenvalue weighted by Gasteiger charge is -2.25. The fourth-order valence-corrected chi connectivity index (χ4v) is 1.60. The van der Waals surface area contributed by atoms with Crippen LogP contribution in [0, 0.1) is 0 Å². The summed E-state index contributed by atoms with van der Waals surface area (Å²) in [5.41, 5.74) is 0.913. The highest BCUT2D eigenvalue weighted by Crippen LogP contribution is 2.27. The molecule has 3 N–H and O–H groups in total. The molecule has 0 saturated heterocycles. The van der Waals surface area contributed by atoms with E-state index in [1.165, 1.54) is 6.07 Å². The first kappa shape index (κ1) is 12.8.